The van der Waals surface area contributed by atoms with Gasteiger partial charge in [-0.3, -0.25) is 4.99 Å². The predicted molar refractivity (Wildman–Crippen MR) is 121 cm³/mol. The summed E-state index contributed by atoms with van der Waals surface area (Å²) in [5, 5.41) is 7.07. The number of nitrogens with one attached hydrogen (secondary N) is 2. The molecule has 1 fully saturated rings. The van der Waals surface area contributed by atoms with Crippen molar-refractivity contribution in [3.63, 3.8) is 0 Å². The highest BCUT2D eigenvalue weighted by atomic mass is 127. The van der Waals surface area contributed by atoms with Gasteiger partial charge in [0.25, 0.3) is 0 Å². The zero-order valence-electron chi connectivity index (χ0n) is 15.7. The number of hydrogen-bond donors (Lipinski definition) is 2. The van der Waals surface area contributed by atoms with Crippen molar-refractivity contribution < 1.29 is 4.74 Å². The molecule has 4 nitrogen and oxygen atoms in total. The molecule has 1 aliphatic heterocycles. The average molecular weight is 477 g/mol. The lowest BCUT2D eigenvalue weighted by Crippen LogP contribution is -2.50. The molecule has 0 bridgehead atoms. The van der Waals surface area contributed by atoms with Crippen molar-refractivity contribution in [1.82, 2.24) is 10.6 Å². The van der Waals surface area contributed by atoms with Crippen LogP contribution in [0.3, 0.4) is 0 Å². The lowest BCUT2D eigenvalue weighted by Gasteiger charge is -2.36. The van der Waals surface area contributed by atoms with Crippen LogP contribution in [-0.2, 0) is 4.74 Å². The van der Waals surface area contributed by atoms with Gasteiger partial charge in [-0.1, -0.05) is 37.3 Å². The Morgan fingerprint density at radius 1 is 1.24 bits per heavy atom. The number of benzene rings is 1. The van der Waals surface area contributed by atoms with Gasteiger partial charge in [0, 0.05) is 43.5 Å². The molecular formula is C19H32IN3OS. The fourth-order valence-corrected chi connectivity index (χ4v) is 3.81. The number of ether oxygens (including phenoxy) is 1. The second-order valence-corrected chi connectivity index (χ2v) is 7.83. The third-order valence-electron chi connectivity index (χ3n) is 5.08. The third kappa shape index (κ3) is 6.64. The summed E-state index contributed by atoms with van der Waals surface area (Å²) in [6, 6.07) is 10.9. The van der Waals surface area contributed by atoms with E-state index in [2.05, 4.69) is 66.1 Å². The van der Waals surface area contributed by atoms with Crippen LogP contribution in [0, 0.1) is 0 Å². The van der Waals surface area contributed by atoms with E-state index in [9.17, 15) is 0 Å². The summed E-state index contributed by atoms with van der Waals surface area (Å²) < 4.78 is 5.77. The molecule has 1 saturated heterocycles. The Balaban J connectivity index is 0.00000312. The van der Waals surface area contributed by atoms with Crippen molar-refractivity contribution in [2.75, 3.05) is 33.1 Å². The minimum absolute atomic E-state index is 0. The molecule has 0 radical (unpaired) electrons. The summed E-state index contributed by atoms with van der Waals surface area (Å²) in [4.78, 5) is 4.41. The summed E-state index contributed by atoms with van der Waals surface area (Å²) in [6.45, 7) is 7.10. The van der Waals surface area contributed by atoms with E-state index in [-0.39, 0.29) is 28.7 Å². The lowest BCUT2D eigenvalue weighted by atomic mass is 9.94. The van der Waals surface area contributed by atoms with E-state index in [0.717, 1.165) is 38.6 Å². The SMILES string of the molecule is CN=C(NCC1(SC)CCOCC1)NC(C)C(C)c1ccccc1.I. The van der Waals surface area contributed by atoms with E-state index in [1.54, 1.807) is 0 Å². The fraction of sp³-hybridized carbons (Fsp3) is 0.632. The average Bonchev–Trinajstić information content (AvgIpc) is 2.65. The second-order valence-electron chi connectivity index (χ2n) is 6.56. The molecule has 1 aromatic rings. The summed E-state index contributed by atoms with van der Waals surface area (Å²) in [5.41, 5.74) is 1.35. The smallest absolute Gasteiger partial charge is 0.191 e. The number of hydrogen-bond acceptors (Lipinski definition) is 3. The molecule has 2 unspecified atom stereocenters. The molecule has 0 aromatic heterocycles. The quantitative estimate of drug-likeness (QED) is 0.371. The van der Waals surface area contributed by atoms with Crippen LogP contribution in [0.25, 0.3) is 0 Å². The minimum Gasteiger partial charge on any atom is -0.381 e. The number of thioether (sulfide) groups is 1. The first-order chi connectivity index (χ1) is 11.6. The molecule has 2 rings (SSSR count). The summed E-state index contributed by atoms with van der Waals surface area (Å²) in [5.74, 6) is 1.30. The Bertz CT molecular complexity index is 521. The van der Waals surface area contributed by atoms with Crippen molar-refractivity contribution >= 4 is 41.7 Å². The zero-order chi connectivity index (χ0) is 17.4. The summed E-state index contributed by atoms with van der Waals surface area (Å²) in [7, 11) is 1.84. The van der Waals surface area contributed by atoms with Crippen LogP contribution in [0.15, 0.2) is 35.3 Å². The van der Waals surface area contributed by atoms with Gasteiger partial charge in [-0.2, -0.15) is 11.8 Å². The van der Waals surface area contributed by atoms with E-state index in [1.165, 1.54) is 5.56 Å². The molecule has 0 aliphatic carbocycles. The van der Waals surface area contributed by atoms with Crippen LogP contribution >= 0.6 is 35.7 Å². The molecule has 0 spiro atoms. The van der Waals surface area contributed by atoms with Gasteiger partial charge in [-0.15, -0.1) is 24.0 Å². The van der Waals surface area contributed by atoms with Crippen molar-refractivity contribution in [3.8, 4) is 0 Å². The molecule has 1 aromatic carbocycles. The first-order valence-electron chi connectivity index (χ1n) is 8.75. The molecule has 25 heavy (non-hydrogen) atoms. The Hall–Kier alpha value is -0.470. The van der Waals surface area contributed by atoms with E-state index in [0.29, 0.717) is 12.0 Å². The van der Waals surface area contributed by atoms with Gasteiger partial charge < -0.3 is 15.4 Å². The largest absolute Gasteiger partial charge is 0.381 e. The maximum absolute atomic E-state index is 5.52. The van der Waals surface area contributed by atoms with E-state index in [4.69, 9.17) is 4.74 Å². The number of halogens is 1. The molecule has 142 valence electrons. The van der Waals surface area contributed by atoms with Gasteiger partial charge in [0.1, 0.15) is 0 Å². The monoisotopic (exact) mass is 477 g/mol. The van der Waals surface area contributed by atoms with Crippen molar-refractivity contribution in [1.29, 1.82) is 0 Å². The molecule has 2 atom stereocenters. The van der Waals surface area contributed by atoms with Crippen molar-refractivity contribution in [2.45, 2.75) is 43.4 Å². The molecular weight excluding hydrogens is 445 g/mol. The van der Waals surface area contributed by atoms with E-state index >= 15 is 0 Å². The Morgan fingerprint density at radius 2 is 1.88 bits per heavy atom. The number of nitrogens with zero attached hydrogens (tertiary/aromatic N) is 1. The lowest BCUT2D eigenvalue weighted by molar-refractivity contribution is 0.0782. The minimum atomic E-state index is 0. The van der Waals surface area contributed by atoms with Crippen molar-refractivity contribution in [3.05, 3.63) is 35.9 Å². The molecule has 1 heterocycles. The van der Waals surface area contributed by atoms with Crippen LogP contribution in [0.5, 0.6) is 0 Å². The van der Waals surface area contributed by atoms with E-state index < -0.39 is 0 Å². The summed E-state index contributed by atoms with van der Waals surface area (Å²) in [6.07, 6.45) is 4.38. The Morgan fingerprint density at radius 3 is 2.44 bits per heavy atom. The van der Waals surface area contributed by atoms with Gasteiger partial charge in [0.2, 0.25) is 0 Å². The van der Waals surface area contributed by atoms with Crippen LogP contribution in [0.4, 0.5) is 0 Å². The number of aliphatic imine (C=N–C) groups is 1. The third-order valence-corrected chi connectivity index (χ3v) is 6.50. The highest BCUT2D eigenvalue weighted by molar-refractivity contribution is 14.0. The zero-order valence-corrected chi connectivity index (χ0v) is 18.9. The van der Waals surface area contributed by atoms with Gasteiger partial charge in [-0.25, -0.2) is 0 Å². The first kappa shape index (κ1) is 22.6. The van der Waals surface area contributed by atoms with Crippen LogP contribution in [0.1, 0.15) is 38.2 Å². The Kier molecular flexibility index (Phi) is 10.2. The predicted octanol–water partition coefficient (Wildman–Crippen LogP) is 3.87. The van der Waals surface area contributed by atoms with Crippen LogP contribution in [0.2, 0.25) is 0 Å². The van der Waals surface area contributed by atoms with Gasteiger partial charge in [0.15, 0.2) is 5.96 Å². The number of rotatable bonds is 6. The molecule has 0 amide bonds. The molecule has 2 N–H and O–H groups in total. The Labute approximate surface area is 174 Å². The van der Waals surface area contributed by atoms with Crippen molar-refractivity contribution in [2.24, 2.45) is 4.99 Å². The summed E-state index contributed by atoms with van der Waals surface area (Å²) >= 11 is 1.94. The van der Waals surface area contributed by atoms with E-state index in [1.807, 2.05) is 18.8 Å². The second kappa shape index (κ2) is 11.3. The number of guanidine groups is 1. The molecule has 0 saturated carbocycles. The molecule has 6 heteroatoms. The standard InChI is InChI=1S/C19H31N3OS.HI/c1-15(17-8-6-5-7-9-17)16(2)22-18(20-3)21-14-19(24-4)10-12-23-13-11-19;/h5-9,15-16H,10-14H2,1-4H3,(H2,20,21,22);1H. The molecule has 1 aliphatic rings. The van der Waals surface area contributed by atoms with Crippen LogP contribution < -0.4 is 10.6 Å². The van der Waals surface area contributed by atoms with Gasteiger partial charge >= 0.3 is 0 Å². The maximum atomic E-state index is 5.52. The highest BCUT2D eigenvalue weighted by Crippen LogP contribution is 2.32. The fourth-order valence-electron chi connectivity index (χ4n) is 3.02. The maximum Gasteiger partial charge on any atom is 0.191 e. The first-order valence-corrected chi connectivity index (χ1v) is 9.98. The van der Waals surface area contributed by atoms with Crippen LogP contribution in [-0.4, -0.2) is 49.8 Å². The van der Waals surface area contributed by atoms with Gasteiger partial charge in [0.05, 0.1) is 0 Å². The topological polar surface area (TPSA) is 45.7 Å². The normalized spacial score (nSPS) is 19.4. The van der Waals surface area contributed by atoms with Gasteiger partial charge in [-0.05, 0) is 31.6 Å². The highest BCUT2D eigenvalue weighted by Gasteiger charge is 2.32.